The normalized spacial score (nSPS) is 17.8. The van der Waals surface area contributed by atoms with E-state index in [0.29, 0.717) is 31.7 Å². The van der Waals surface area contributed by atoms with Gasteiger partial charge in [-0.15, -0.1) is 0 Å². The predicted octanol–water partition coefficient (Wildman–Crippen LogP) is 3.66. The summed E-state index contributed by atoms with van der Waals surface area (Å²) < 4.78 is 28.1. The number of carbonyl (C=O) groups is 1. The molecule has 5 rings (SSSR count). The first kappa shape index (κ1) is 22.3. The third kappa shape index (κ3) is 4.25. The van der Waals surface area contributed by atoms with Crippen LogP contribution in [0.3, 0.4) is 0 Å². The second-order valence-electron chi connectivity index (χ2n) is 8.82. The molecule has 2 fully saturated rings. The van der Waals surface area contributed by atoms with Crippen LogP contribution in [0.4, 0.5) is 5.13 Å². The van der Waals surface area contributed by atoms with E-state index in [1.165, 1.54) is 20.1 Å². The summed E-state index contributed by atoms with van der Waals surface area (Å²) in [6.07, 6.45) is 1.80. The molecule has 2 saturated heterocycles. The molecule has 0 aliphatic carbocycles. The van der Waals surface area contributed by atoms with Crippen LogP contribution in [-0.2, 0) is 10.0 Å². The van der Waals surface area contributed by atoms with E-state index in [9.17, 15) is 13.2 Å². The molecular weight excluding hydrogens is 456 g/mol. The molecule has 2 aliphatic heterocycles. The lowest BCUT2D eigenvalue weighted by Gasteiger charge is -2.34. The molecule has 1 amide bonds. The maximum atomic E-state index is 13.0. The van der Waals surface area contributed by atoms with Gasteiger partial charge in [0.25, 0.3) is 5.91 Å². The molecule has 174 valence electrons. The van der Waals surface area contributed by atoms with Crippen molar-refractivity contribution in [2.75, 3.05) is 44.2 Å². The van der Waals surface area contributed by atoms with Gasteiger partial charge in [-0.05, 0) is 74.2 Å². The third-order valence-corrected chi connectivity index (χ3v) is 9.63. The molecule has 7 nitrogen and oxygen atoms in total. The van der Waals surface area contributed by atoms with Crippen molar-refractivity contribution in [3.63, 3.8) is 0 Å². The molecule has 3 aromatic rings. The fraction of sp³-hybridized carbons (Fsp3) is 0.417. The average Bonchev–Trinajstić information content (AvgIpc) is 3.50. The molecule has 3 heterocycles. The van der Waals surface area contributed by atoms with Gasteiger partial charge in [0.1, 0.15) is 0 Å². The van der Waals surface area contributed by atoms with Gasteiger partial charge in [0.05, 0.1) is 15.1 Å². The second-order valence-corrected chi connectivity index (χ2v) is 11.8. The molecule has 0 N–H and O–H groups in total. The van der Waals surface area contributed by atoms with Crippen molar-refractivity contribution < 1.29 is 13.2 Å². The number of hydrogen-bond donors (Lipinski definition) is 0. The topological polar surface area (TPSA) is 73.8 Å². The van der Waals surface area contributed by atoms with E-state index in [1.807, 2.05) is 4.90 Å². The number of fused-ring (bicyclic) bond motifs is 1. The van der Waals surface area contributed by atoms with Gasteiger partial charge in [0.2, 0.25) is 10.0 Å². The van der Waals surface area contributed by atoms with Crippen LogP contribution in [0.5, 0.6) is 0 Å². The minimum absolute atomic E-state index is 0.0599. The number of nitrogens with zero attached hydrogens (tertiary/aromatic N) is 4. The van der Waals surface area contributed by atoms with Crippen molar-refractivity contribution in [2.24, 2.45) is 0 Å². The second kappa shape index (κ2) is 8.70. The molecule has 0 unspecified atom stereocenters. The summed E-state index contributed by atoms with van der Waals surface area (Å²) in [5.74, 6) is -0.0599. The predicted molar refractivity (Wildman–Crippen MR) is 132 cm³/mol. The molecule has 9 heteroatoms. The van der Waals surface area contributed by atoms with E-state index >= 15 is 0 Å². The SMILES string of the molecule is Cc1cc2nc(N3CCN(C(=O)c4ccc(S(=O)(=O)N5CCCC5)cc4)CC3)sc2cc1C. The molecule has 0 spiro atoms. The monoisotopic (exact) mass is 484 g/mol. The van der Waals surface area contributed by atoms with E-state index in [2.05, 4.69) is 30.9 Å². The first-order chi connectivity index (χ1) is 15.8. The minimum atomic E-state index is -3.46. The molecule has 33 heavy (non-hydrogen) atoms. The smallest absolute Gasteiger partial charge is 0.253 e. The van der Waals surface area contributed by atoms with Gasteiger partial charge in [-0.2, -0.15) is 4.31 Å². The van der Waals surface area contributed by atoms with Gasteiger partial charge in [0.15, 0.2) is 5.13 Å². The summed E-state index contributed by atoms with van der Waals surface area (Å²) in [5.41, 5.74) is 4.07. The Kier molecular flexibility index (Phi) is 5.88. The minimum Gasteiger partial charge on any atom is -0.345 e. The fourth-order valence-corrected chi connectivity index (χ4v) is 7.05. The highest BCUT2D eigenvalue weighted by atomic mass is 32.2. The summed E-state index contributed by atoms with van der Waals surface area (Å²) >= 11 is 1.70. The van der Waals surface area contributed by atoms with Crippen LogP contribution in [0.25, 0.3) is 10.2 Å². The number of thiazole rings is 1. The van der Waals surface area contributed by atoms with E-state index in [0.717, 1.165) is 36.6 Å². The fourth-order valence-electron chi connectivity index (χ4n) is 4.43. The van der Waals surface area contributed by atoms with Crippen LogP contribution in [0.2, 0.25) is 0 Å². The van der Waals surface area contributed by atoms with Crippen LogP contribution in [0, 0.1) is 13.8 Å². The van der Waals surface area contributed by atoms with Crippen LogP contribution in [0.1, 0.15) is 34.3 Å². The van der Waals surface area contributed by atoms with Gasteiger partial charge in [-0.1, -0.05) is 11.3 Å². The van der Waals surface area contributed by atoms with Crippen molar-refractivity contribution >= 4 is 42.6 Å². The molecule has 2 aliphatic rings. The first-order valence-electron chi connectivity index (χ1n) is 11.4. The zero-order valence-corrected chi connectivity index (χ0v) is 20.6. The number of amides is 1. The van der Waals surface area contributed by atoms with Gasteiger partial charge in [0, 0.05) is 44.8 Å². The quantitative estimate of drug-likeness (QED) is 0.565. The van der Waals surface area contributed by atoms with E-state index < -0.39 is 10.0 Å². The Hall–Kier alpha value is -2.49. The number of anilines is 1. The van der Waals surface area contributed by atoms with Gasteiger partial charge < -0.3 is 9.80 Å². The number of rotatable bonds is 4. The summed E-state index contributed by atoms with van der Waals surface area (Å²) in [4.78, 5) is 22.2. The Labute approximate surface area is 198 Å². The summed E-state index contributed by atoms with van der Waals surface area (Å²) in [5, 5.41) is 0.999. The van der Waals surface area contributed by atoms with E-state index in [4.69, 9.17) is 4.98 Å². The van der Waals surface area contributed by atoms with Crippen LogP contribution < -0.4 is 4.90 Å². The van der Waals surface area contributed by atoms with Crippen LogP contribution >= 0.6 is 11.3 Å². The number of benzene rings is 2. The number of hydrogen-bond acceptors (Lipinski definition) is 6. The molecule has 0 atom stereocenters. The van der Waals surface area contributed by atoms with Crippen molar-refractivity contribution in [3.05, 3.63) is 53.1 Å². The molecule has 1 aromatic heterocycles. The summed E-state index contributed by atoms with van der Waals surface area (Å²) in [6, 6.07) is 10.7. The molecular formula is C24H28N4O3S2. The highest BCUT2D eigenvalue weighted by molar-refractivity contribution is 7.89. The van der Waals surface area contributed by atoms with Crippen molar-refractivity contribution in [2.45, 2.75) is 31.6 Å². The zero-order chi connectivity index (χ0) is 23.2. The number of aromatic nitrogens is 1. The largest absolute Gasteiger partial charge is 0.345 e. The van der Waals surface area contributed by atoms with Crippen molar-refractivity contribution in [1.82, 2.24) is 14.2 Å². The number of piperazine rings is 1. The van der Waals surface area contributed by atoms with Gasteiger partial charge in [-0.3, -0.25) is 4.79 Å². The lowest BCUT2D eigenvalue weighted by Crippen LogP contribution is -2.48. The highest BCUT2D eigenvalue weighted by Crippen LogP contribution is 2.31. The lowest BCUT2D eigenvalue weighted by atomic mass is 10.1. The number of sulfonamides is 1. The average molecular weight is 485 g/mol. The Morgan fingerprint density at radius 1 is 0.909 bits per heavy atom. The van der Waals surface area contributed by atoms with E-state index in [-0.39, 0.29) is 10.8 Å². The maximum absolute atomic E-state index is 13.0. The first-order valence-corrected chi connectivity index (χ1v) is 13.6. The Morgan fingerprint density at radius 3 is 2.21 bits per heavy atom. The van der Waals surface area contributed by atoms with Crippen molar-refractivity contribution in [1.29, 1.82) is 0 Å². The van der Waals surface area contributed by atoms with Crippen LogP contribution in [-0.4, -0.2) is 67.8 Å². The maximum Gasteiger partial charge on any atom is 0.253 e. The van der Waals surface area contributed by atoms with E-state index in [1.54, 1.807) is 35.6 Å². The highest BCUT2D eigenvalue weighted by Gasteiger charge is 2.28. The van der Waals surface area contributed by atoms with Gasteiger partial charge in [-0.25, -0.2) is 13.4 Å². The molecule has 0 bridgehead atoms. The Bertz CT molecular complexity index is 1250. The Balaban J connectivity index is 1.24. The zero-order valence-electron chi connectivity index (χ0n) is 19.0. The molecule has 2 aromatic carbocycles. The summed E-state index contributed by atoms with van der Waals surface area (Å²) in [6.45, 7) is 8.04. The third-order valence-electron chi connectivity index (χ3n) is 6.63. The molecule has 0 saturated carbocycles. The Morgan fingerprint density at radius 2 is 1.55 bits per heavy atom. The molecule has 0 radical (unpaired) electrons. The standard InChI is InChI=1S/C24H28N4O3S2/c1-17-15-21-22(16-18(17)2)32-24(25-21)27-13-11-26(12-14-27)23(29)19-5-7-20(8-6-19)33(30,31)28-9-3-4-10-28/h5-8,15-16H,3-4,9-14H2,1-2H3. The lowest BCUT2D eigenvalue weighted by molar-refractivity contribution is 0.0746. The summed E-state index contributed by atoms with van der Waals surface area (Å²) in [7, 11) is -3.46. The van der Waals surface area contributed by atoms with Crippen LogP contribution in [0.15, 0.2) is 41.3 Å². The van der Waals surface area contributed by atoms with Crippen molar-refractivity contribution in [3.8, 4) is 0 Å². The van der Waals surface area contributed by atoms with Gasteiger partial charge >= 0.3 is 0 Å². The number of carbonyl (C=O) groups excluding carboxylic acids is 1. The number of aryl methyl sites for hydroxylation is 2.